The van der Waals surface area contributed by atoms with Gasteiger partial charge < -0.3 is 4.74 Å². The number of hydrogen-bond donors (Lipinski definition) is 0. The Morgan fingerprint density at radius 2 is 1.80 bits per heavy atom. The van der Waals surface area contributed by atoms with Crippen molar-refractivity contribution < 1.29 is 4.74 Å². The molecule has 1 nitrogen and oxygen atoms in total. The lowest BCUT2D eigenvalue weighted by Gasteiger charge is -2.21. The fourth-order valence-corrected chi connectivity index (χ4v) is 1.97. The minimum Gasteiger partial charge on any atom is -0.373 e. The Kier molecular flexibility index (Phi) is 3.02. The highest BCUT2D eigenvalue weighted by Crippen LogP contribution is 2.29. The van der Waals surface area contributed by atoms with Gasteiger partial charge in [-0.1, -0.05) is 54.1 Å². The van der Waals surface area contributed by atoms with Crippen molar-refractivity contribution in [3.63, 3.8) is 0 Å². The Morgan fingerprint density at radius 1 is 1.07 bits per heavy atom. The Hall–Kier alpha value is -1.34. The summed E-state index contributed by atoms with van der Waals surface area (Å²) in [6.45, 7) is 2.16. The second kappa shape index (κ2) is 4.45. The minimum absolute atomic E-state index is 0.143. The van der Waals surface area contributed by atoms with Crippen LogP contribution < -0.4 is 0 Å². The van der Waals surface area contributed by atoms with E-state index in [0.717, 1.165) is 0 Å². The Labute approximate surface area is 91.1 Å². The summed E-state index contributed by atoms with van der Waals surface area (Å²) in [7, 11) is 1.74. The average molecular weight is 200 g/mol. The first kappa shape index (κ1) is 10.2. The fourth-order valence-electron chi connectivity index (χ4n) is 1.97. The molecule has 0 aliphatic heterocycles. The van der Waals surface area contributed by atoms with Crippen LogP contribution in [0.15, 0.2) is 54.1 Å². The quantitative estimate of drug-likeness (QED) is 0.665. The lowest BCUT2D eigenvalue weighted by Crippen LogP contribution is -2.11. The molecule has 0 aromatic heterocycles. The van der Waals surface area contributed by atoms with Crippen LogP contribution in [0.4, 0.5) is 0 Å². The van der Waals surface area contributed by atoms with E-state index in [4.69, 9.17) is 4.74 Å². The summed E-state index contributed by atoms with van der Waals surface area (Å²) in [5.74, 6) is 0.414. The molecule has 78 valence electrons. The van der Waals surface area contributed by atoms with Crippen molar-refractivity contribution in [2.75, 3.05) is 7.11 Å². The van der Waals surface area contributed by atoms with Gasteiger partial charge in [0.25, 0.3) is 0 Å². The van der Waals surface area contributed by atoms with Crippen LogP contribution in [0.5, 0.6) is 0 Å². The van der Waals surface area contributed by atoms with Crippen LogP contribution in [0, 0.1) is 0 Å². The molecule has 2 rings (SSSR count). The smallest absolute Gasteiger partial charge is 0.0936 e. The number of methoxy groups -OCH3 is 1. The van der Waals surface area contributed by atoms with Gasteiger partial charge in [-0.25, -0.2) is 0 Å². The third-order valence-corrected chi connectivity index (χ3v) is 2.84. The number of ether oxygens (including phenoxy) is 1. The van der Waals surface area contributed by atoms with Gasteiger partial charge in [0.05, 0.1) is 6.10 Å². The molecule has 0 bridgehead atoms. The summed E-state index contributed by atoms with van der Waals surface area (Å²) < 4.78 is 5.28. The van der Waals surface area contributed by atoms with Gasteiger partial charge in [-0.05, 0) is 12.5 Å². The van der Waals surface area contributed by atoms with E-state index in [-0.39, 0.29) is 6.10 Å². The van der Waals surface area contributed by atoms with Crippen molar-refractivity contribution in [3.8, 4) is 0 Å². The Bertz CT molecular complexity index is 376. The predicted molar refractivity (Wildman–Crippen MR) is 62.9 cm³/mol. The minimum atomic E-state index is 0.143. The number of hydrogen-bond acceptors (Lipinski definition) is 1. The fraction of sp³-hybridized carbons (Fsp3) is 0.286. The van der Waals surface area contributed by atoms with E-state index < -0.39 is 0 Å². The summed E-state index contributed by atoms with van der Waals surface area (Å²) in [6, 6.07) is 10.5. The zero-order valence-electron chi connectivity index (χ0n) is 9.18. The predicted octanol–water partition coefficient (Wildman–Crippen LogP) is 3.30. The highest BCUT2D eigenvalue weighted by molar-refractivity contribution is 5.37. The number of benzene rings is 1. The van der Waals surface area contributed by atoms with Gasteiger partial charge >= 0.3 is 0 Å². The summed E-state index contributed by atoms with van der Waals surface area (Å²) in [4.78, 5) is 0. The highest BCUT2D eigenvalue weighted by atomic mass is 16.5. The van der Waals surface area contributed by atoms with E-state index in [1.807, 2.05) is 6.07 Å². The second-order valence-corrected chi connectivity index (χ2v) is 3.88. The number of allylic oxidation sites excluding steroid dienone is 2. The monoisotopic (exact) mass is 200 g/mol. The largest absolute Gasteiger partial charge is 0.373 e. The molecule has 1 heteroatoms. The van der Waals surface area contributed by atoms with Crippen LogP contribution in [-0.4, -0.2) is 13.2 Å². The van der Waals surface area contributed by atoms with Gasteiger partial charge in [0.1, 0.15) is 0 Å². The summed E-state index contributed by atoms with van der Waals surface area (Å²) in [5, 5.41) is 0. The van der Waals surface area contributed by atoms with Crippen LogP contribution in [0.25, 0.3) is 0 Å². The molecule has 15 heavy (non-hydrogen) atoms. The first-order valence-corrected chi connectivity index (χ1v) is 5.25. The summed E-state index contributed by atoms with van der Waals surface area (Å²) >= 11 is 0. The lowest BCUT2D eigenvalue weighted by atomic mass is 9.87. The third-order valence-electron chi connectivity index (χ3n) is 2.84. The SMILES string of the molecule is COC1C=CC(c2ccccc2)C(C)=C1. The summed E-state index contributed by atoms with van der Waals surface area (Å²) in [6.07, 6.45) is 6.66. The highest BCUT2D eigenvalue weighted by Gasteiger charge is 2.15. The van der Waals surface area contributed by atoms with E-state index in [0.29, 0.717) is 5.92 Å². The molecule has 0 saturated heterocycles. The standard InChI is InChI=1S/C14H16O/c1-11-10-13(15-2)8-9-14(11)12-6-4-3-5-7-12/h3-10,13-14H,1-2H3. The van der Waals surface area contributed by atoms with Gasteiger partial charge in [-0.15, -0.1) is 0 Å². The van der Waals surface area contributed by atoms with E-state index in [1.165, 1.54) is 11.1 Å². The van der Waals surface area contributed by atoms with Gasteiger partial charge in [-0.3, -0.25) is 0 Å². The van der Waals surface area contributed by atoms with E-state index in [2.05, 4.69) is 49.4 Å². The molecule has 0 fully saturated rings. The zero-order chi connectivity index (χ0) is 10.7. The Morgan fingerprint density at radius 3 is 2.40 bits per heavy atom. The first-order chi connectivity index (χ1) is 7.31. The molecule has 0 heterocycles. The Balaban J connectivity index is 2.23. The molecular formula is C14H16O. The van der Waals surface area contributed by atoms with Crippen molar-refractivity contribution in [1.82, 2.24) is 0 Å². The van der Waals surface area contributed by atoms with Crippen LogP contribution in [-0.2, 0) is 4.74 Å². The molecular weight excluding hydrogens is 184 g/mol. The molecule has 0 saturated carbocycles. The van der Waals surface area contributed by atoms with Gasteiger partial charge in [0, 0.05) is 13.0 Å². The molecule has 0 radical (unpaired) electrons. The van der Waals surface area contributed by atoms with E-state index in [9.17, 15) is 0 Å². The van der Waals surface area contributed by atoms with Crippen LogP contribution in [0.2, 0.25) is 0 Å². The molecule has 1 aliphatic carbocycles. The molecule has 2 unspecified atom stereocenters. The van der Waals surface area contributed by atoms with Crippen LogP contribution >= 0.6 is 0 Å². The van der Waals surface area contributed by atoms with Crippen molar-refractivity contribution in [3.05, 3.63) is 59.7 Å². The molecule has 1 aliphatic rings. The lowest BCUT2D eigenvalue weighted by molar-refractivity contribution is 0.175. The molecule has 0 spiro atoms. The maximum absolute atomic E-state index is 5.28. The van der Waals surface area contributed by atoms with Crippen LogP contribution in [0.3, 0.4) is 0 Å². The number of rotatable bonds is 2. The molecule has 1 aromatic carbocycles. The van der Waals surface area contributed by atoms with Crippen molar-refractivity contribution in [1.29, 1.82) is 0 Å². The molecule has 0 amide bonds. The topological polar surface area (TPSA) is 9.23 Å². The van der Waals surface area contributed by atoms with Crippen molar-refractivity contribution >= 4 is 0 Å². The first-order valence-electron chi connectivity index (χ1n) is 5.25. The van der Waals surface area contributed by atoms with Gasteiger partial charge in [0.2, 0.25) is 0 Å². The molecule has 0 N–H and O–H groups in total. The normalized spacial score (nSPS) is 25.1. The third kappa shape index (κ3) is 2.18. The van der Waals surface area contributed by atoms with E-state index in [1.54, 1.807) is 7.11 Å². The summed E-state index contributed by atoms with van der Waals surface area (Å²) in [5.41, 5.74) is 2.70. The average Bonchev–Trinajstić information content (AvgIpc) is 2.30. The molecule has 1 aromatic rings. The van der Waals surface area contributed by atoms with E-state index >= 15 is 0 Å². The maximum Gasteiger partial charge on any atom is 0.0936 e. The molecule has 2 atom stereocenters. The van der Waals surface area contributed by atoms with Gasteiger partial charge in [0.15, 0.2) is 0 Å². The second-order valence-electron chi connectivity index (χ2n) is 3.88. The van der Waals surface area contributed by atoms with Gasteiger partial charge in [-0.2, -0.15) is 0 Å². The van der Waals surface area contributed by atoms with Crippen LogP contribution in [0.1, 0.15) is 18.4 Å². The zero-order valence-corrected chi connectivity index (χ0v) is 9.18. The maximum atomic E-state index is 5.28. The van der Waals surface area contributed by atoms with Crippen molar-refractivity contribution in [2.24, 2.45) is 0 Å². The van der Waals surface area contributed by atoms with Crippen molar-refractivity contribution in [2.45, 2.75) is 18.9 Å².